The van der Waals surface area contributed by atoms with Crippen molar-refractivity contribution in [2.45, 2.75) is 12.8 Å². The number of carbonyl (C=O) groups is 1. The van der Waals surface area contributed by atoms with Crippen LogP contribution in [0.4, 0.5) is 0 Å². The molecular formula is C7H6N2OS. The van der Waals surface area contributed by atoms with Crippen LogP contribution >= 0.6 is 11.5 Å². The smallest absolute Gasteiger partial charge is 0.177 e. The minimum atomic E-state index is 0.0259. The third kappa shape index (κ3) is 2.13. The molecule has 4 heteroatoms. The lowest BCUT2D eigenvalue weighted by atomic mass is 10.2. The van der Waals surface area contributed by atoms with Gasteiger partial charge in [-0.2, -0.15) is 0 Å². The van der Waals surface area contributed by atoms with E-state index in [1.807, 2.05) is 0 Å². The number of hydrogen-bond acceptors (Lipinski definition) is 4. The summed E-state index contributed by atoms with van der Waals surface area (Å²) in [6, 6.07) is 0. The molecule has 0 bridgehead atoms. The summed E-state index contributed by atoms with van der Waals surface area (Å²) in [7, 11) is 0. The number of carbonyl (C=O) groups excluding carboxylic acids is 1. The molecule has 3 nitrogen and oxygen atoms in total. The molecule has 0 saturated carbocycles. The zero-order chi connectivity index (χ0) is 8.10. The summed E-state index contributed by atoms with van der Waals surface area (Å²) >= 11 is 1.10. The van der Waals surface area contributed by atoms with Crippen LogP contribution in [0.2, 0.25) is 0 Å². The number of Topliss-reactive ketones (excluding diaryl/α,β-unsaturated/α-hetero) is 1. The molecule has 1 heterocycles. The van der Waals surface area contributed by atoms with E-state index in [0.717, 1.165) is 11.5 Å². The summed E-state index contributed by atoms with van der Waals surface area (Å²) in [5.41, 5.74) is 0. The molecule has 56 valence electrons. The van der Waals surface area contributed by atoms with Crippen molar-refractivity contribution in [1.29, 1.82) is 0 Å². The van der Waals surface area contributed by atoms with E-state index in [9.17, 15) is 4.79 Å². The van der Waals surface area contributed by atoms with Crippen LogP contribution in [0.15, 0.2) is 6.20 Å². The average molecular weight is 166 g/mol. The van der Waals surface area contributed by atoms with Gasteiger partial charge in [-0.1, -0.05) is 4.49 Å². The van der Waals surface area contributed by atoms with Crippen molar-refractivity contribution in [3.63, 3.8) is 0 Å². The van der Waals surface area contributed by atoms with Crippen molar-refractivity contribution >= 4 is 17.3 Å². The monoisotopic (exact) mass is 166 g/mol. The highest BCUT2D eigenvalue weighted by molar-refractivity contribution is 7.07. The lowest BCUT2D eigenvalue weighted by Crippen LogP contribution is -1.93. The number of aromatic nitrogens is 2. The van der Waals surface area contributed by atoms with E-state index < -0.39 is 0 Å². The van der Waals surface area contributed by atoms with Crippen molar-refractivity contribution in [1.82, 2.24) is 9.59 Å². The zero-order valence-corrected chi connectivity index (χ0v) is 6.60. The summed E-state index contributed by atoms with van der Waals surface area (Å²) in [5, 5.41) is 3.55. The molecule has 1 aromatic rings. The molecule has 0 aromatic carbocycles. The second-order valence-corrected chi connectivity index (χ2v) is 2.69. The molecular weight excluding hydrogens is 160 g/mol. The molecule has 0 unspecified atom stereocenters. The first-order chi connectivity index (χ1) is 5.34. The summed E-state index contributed by atoms with van der Waals surface area (Å²) in [5.74, 6) is 2.43. The van der Waals surface area contributed by atoms with Crippen molar-refractivity contribution in [3.8, 4) is 12.3 Å². The van der Waals surface area contributed by atoms with E-state index in [2.05, 4.69) is 15.5 Å². The van der Waals surface area contributed by atoms with Gasteiger partial charge < -0.3 is 0 Å². The van der Waals surface area contributed by atoms with Gasteiger partial charge in [-0.15, -0.1) is 17.4 Å². The fourth-order valence-corrected chi connectivity index (χ4v) is 1.08. The zero-order valence-electron chi connectivity index (χ0n) is 5.78. The van der Waals surface area contributed by atoms with Gasteiger partial charge in [0.1, 0.15) is 4.88 Å². The largest absolute Gasteiger partial charge is 0.293 e. The number of rotatable bonds is 3. The summed E-state index contributed by atoms with van der Waals surface area (Å²) in [6.07, 6.45) is 7.33. The third-order valence-corrected chi connectivity index (χ3v) is 1.84. The molecule has 0 atom stereocenters. The normalized spacial score (nSPS) is 9.00. The molecule has 0 aliphatic heterocycles. The predicted octanol–water partition coefficient (Wildman–Crippen LogP) is 1.13. The van der Waals surface area contributed by atoms with E-state index in [1.54, 1.807) is 0 Å². The molecule has 0 amide bonds. The Kier molecular flexibility index (Phi) is 2.75. The highest BCUT2D eigenvalue weighted by atomic mass is 32.1. The molecule has 0 spiro atoms. The molecule has 0 N–H and O–H groups in total. The van der Waals surface area contributed by atoms with Gasteiger partial charge in [0, 0.05) is 12.8 Å². The molecule has 1 aromatic heterocycles. The Morgan fingerprint density at radius 1 is 1.82 bits per heavy atom. The standard InChI is InChI=1S/C7H6N2OS/c1-2-3-4-6(10)7-5-8-9-11-7/h1,5H,3-4H2. The fourth-order valence-electron chi connectivity index (χ4n) is 0.599. The number of ketones is 1. The number of nitrogens with zero attached hydrogens (tertiary/aromatic N) is 2. The Balaban J connectivity index is 2.51. The maximum absolute atomic E-state index is 11.1. The van der Waals surface area contributed by atoms with Gasteiger partial charge in [0.25, 0.3) is 0 Å². The van der Waals surface area contributed by atoms with Gasteiger partial charge in [0.2, 0.25) is 0 Å². The van der Waals surface area contributed by atoms with Crippen molar-refractivity contribution in [3.05, 3.63) is 11.1 Å². The minimum Gasteiger partial charge on any atom is -0.293 e. The average Bonchev–Trinajstić information content (AvgIpc) is 2.52. The highest BCUT2D eigenvalue weighted by Gasteiger charge is 2.06. The highest BCUT2D eigenvalue weighted by Crippen LogP contribution is 2.06. The van der Waals surface area contributed by atoms with E-state index in [0.29, 0.717) is 17.7 Å². The van der Waals surface area contributed by atoms with Crippen LogP contribution in [0.25, 0.3) is 0 Å². The Hall–Kier alpha value is -1.21. The first kappa shape index (κ1) is 7.89. The molecule has 0 saturated heterocycles. The lowest BCUT2D eigenvalue weighted by molar-refractivity contribution is 0.0988. The fraction of sp³-hybridized carbons (Fsp3) is 0.286. The van der Waals surface area contributed by atoms with Crippen LogP contribution in [0.3, 0.4) is 0 Å². The van der Waals surface area contributed by atoms with E-state index in [-0.39, 0.29) is 5.78 Å². The van der Waals surface area contributed by atoms with Crippen LogP contribution < -0.4 is 0 Å². The van der Waals surface area contributed by atoms with E-state index in [1.165, 1.54) is 6.20 Å². The Bertz CT molecular complexity index is 273. The van der Waals surface area contributed by atoms with Crippen LogP contribution in [0.5, 0.6) is 0 Å². The van der Waals surface area contributed by atoms with E-state index >= 15 is 0 Å². The molecule has 0 aliphatic rings. The van der Waals surface area contributed by atoms with E-state index in [4.69, 9.17) is 6.42 Å². The van der Waals surface area contributed by atoms with Gasteiger partial charge in [-0.05, 0) is 11.5 Å². The molecule has 1 rings (SSSR count). The maximum Gasteiger partial charge on any atom is 0.177 e. The van der Waals surface area contributed by atoms with Gasteiger partial charge in [-0.3, -0.25) is 4.79 Å². The molecule has 0 radical (unpaired) electrons. The lowest BCUT2D eigenvalue weighted by Gasteiger charge is -1.88. The van der Waals surface area contributed by atoms with Crippen LogP contribution in [-0.2, 0) is 0 Å². The van der Waals surface area contributed by atoms with Crippen molar-refractivity contribution < 1.29 is 4.79 Å². The van der Waals surface area contributed by atoms with Gasteiger partial charge in [0.05, 0.1) is 6.20 Å². The number of terminal acetylenes is 1. The summed E-state index contributed by atoms with van der Waals surface area (Å²) in [4.78, 5) is 11.7. The van der Waals surface area contributed by atoms with Gasteiger partial charge >= 0.3 is 0 Å². The van der Waals surface area contributed by atoms with Crippen molar-refractivity contribution in [2.24, 2.45) is 0 Å². The minimum absolute atomic E-state index is 0.0259. The predicted molar refractivity (Wildman–Crippen MR) is 42.3 cm³/mol. The Morgan fingerprint density at radius 3 is 3.18 bits per heavy atom. The SMILES string of the molecule is C#CCCC(=O)c1cnns1. The third-order valence-electron chi connectivity index (χ3n) is 1.13. The maximum atomic E-state index is 11.1. The first-order valence-electron chi connectivity index (χ1n) is 3.08. The number of hydrogen-bond donors (Lipinski definition) is 0. The summed E-state index contributed by atoms with van der Waals surface area (Å²) in [6.45, 7) is 0. The van der Waals surface area contributed by atoms with Crippen LogP contribution in [0, 0.1) is 12.3 Å². The second kappa shape index (κ2) is 3.84. The molecule has 11 heavy (non-hydrogen) atoms. The van der Waals surface area contributed by atoms with Crippen LogP contribution in [-0.4, -0.2) is 15.4 Å². The Morgan fingerprint density at radius 2 is 2.64 bits per heavy atom. The first-order valence-corrected chi connectivity index (χ1v) is 3.86. The van der Waals surface area contributed by atoms with Crippen LogP contribution in [0.1, 0.15) is 22.5 Å². The van der Waals surface area contributed by atoms with Gasteiger partial charge in [0.15, 0.2) is 5.78 Å². The second-order valence-electron chi connectivity index (χ2n) is 1.91. The quantitative estimate of drug-likeness (QED) is 0.499. The van der Waals surface area contributed by atoms with Gasteiger partial charge in [-0.25, -0.2) is 0 Å². The summed E-state index contributed by atoms with van der Waals surface area (Å²) < 4.78 is 3.57. The Labute approximate surface area is 68.6 Å². The molecule has 0 fully saturated rings. The topological polar surface area (TPSA) is 42.9 Å². The van der Waals surface area contributed by atoms with Crippen molar-refractivity contribution in [2.75, 3.05) is 0 Å². The molecule has 0 aliphatic carbocycles.